The number of amides is 1. The van der Waals surface area contributed by atoms with Gasteiger partial charge in [-0.25, -0.2) is 8.42 Å². The fourth-order valence-corrected chi connectivity index (χ4v) is 5.40. The molecular weight excluding hydrogens is 380 g/mol. The molecule has 2 aliphatic rings. The molecule has 154 valence electrons. The van der Waals surface area contributed by atoms with Crippen LogP contribution in [0.25, 0.3) is 0 Å². The van der Waals surface area contributed by atoms with Crippen LogP contribution in [0.4, 0.5) is 5.69 Å². The average Bonchev–Trinajstić information content (AvgIpc) is 3.23. The van der Waals surface area contributed by atoms with Crippen molar-refractivity contribution in [2.24, 2.45) is 5.92 Å². The lowest BCUT2D eigenvalue weighted by molar-refractivity contribution is -0.148. The van der Waals surface area contributed by atoms with Crippen molar-refractivity contribution in [3.05, 3.63) is 24.3 Å². The lowest BCUT2D eigenvalue weighted by Crippen LogP contribution is -2.28. The molecule has 1 amide bonds. The second kappa shape index (κ2) is 9.52. The molecule has 0 atom stereocenters. The highest BCUT2D eigenvalue weighted by molar-refractivity contribution is 7.89. The van der Waals surface area contributed by atoms with E-state index in [0.717, 1.165) is 38.5 Å². The predicted octanol–water partition coefficient (Wildman–Crippen LogP) is 2.92. The van der Waals surface area contributed by atoms with Crippen molar-refractivity contribution in [2.75, 3.05) is 25.0 Å². The molecule has 0 bridgehead atoms. The minimum atomic E-state index is -3.54. The lowest BCUT2D eigenvalue weighted by atomic mass is 9.87. The molecule has 1 heterocycles. The molecule has 1 saturated carbocycles. The van der Waals surface area contributed by atoms with Gasteiger partial charge in [-0.05, 0) is 49.8 Å². The highest BCUT2D eigenvalue weighted by atomic mass is 32.2. The smallest absolute Gasteiger partial charge is 0.306 e. The summed E-state index contributed by atoms with van der Waals surface area (Å²) in [4.78, 5) is 24.1. The summed E-state index contributed by atoms with van der Waals surface area (Å²) in [5, 5.41) is 2.60. The van der Waals surface area contributed by atoms with Gasteiger partial charge in [0.1, 0.15) is 0 Å². The van der Waals surface area contributed by atoms with E-state index in [1.165, 1.54) is 22.9 Å². The summed E-state index contributed by atoms with van der Waals surface area (Å²) in [7, 11) is -3.54. The third-order valence-electron chi connectivity index (χ3n) is 5.36. The zero-order valence-corrected chi connectivity index (χ0v) is 16.9. The highest BCUT2D eigenvalue weighted by Gasteiger charge is 2.27. The first-order valence-corrected chi connectivity index (χ1v) is 11.4. The third-order valence-corrected chi connectivity index (χ3v) is 7.26. The number of hydrogen-bond donors (Lipinski definition) is 1. The SMILES string of the molecule is O=C(COC(=O)CC1CCCCC1)Nc1cccc(S(=O)(=O)N2CCCC2)c1. The molecule has 1 aromatic carbocycles. The summed E-state index contributed by atoms with van der Waals surface area (Å²) < 4.78 is 31.8. The first kappa shape index (κ1) is 20.8. The number of carbonyl (C=O) groups excluding carboxylic acids is 2. The van der Waals surface area contributed by atoms with Gasteiger partial charge in [-0.3, -0.25) is 9.59 Å². The third kappa shape index (κ3) is 5.54. The topological polar surface area (TPSA) is 92.8 Å². The summed E-state index contributed by atoms with van der Waals surface area (Å²) in [6.07, 6.45) is 7.69. The van der Waals surface area contributed by atoms with Crippen molar-refractivity contribution in [2.45, 2.75) is 56.3 Å². The molecular formula is C20H28N2O5S. The molecule has 7 nitrogen and oxygen atoms in total. The van der Waals surface area contributed by atoms with Crippen LogP contribution in [0.5, 0.6) is 0 Å². The highest BCUT2D eigenvalue weighted by Crippen LogP contribution is 2.26. The van der Waals surface area contributed by atoms with E-state index < -0.39 is 15.9 Å². The maximum atomic E-state index is 12.6. The Kier molecular flexibility index (Phi) is 7.07. The van der Waals surface area contributed by atoms with E-state index in [0.29, 0.717) is 31.1 Å². The Hall–Kier alpha value is -1.93. The first-order chi connectivity index (χ1) is 13.4. The van der Waals surface area contributed by atoms with E-state index in [9.17, 15) is 18.0 Å². The molecule has 1 aliphatic heterocycles. The monoisotopic (exact) mass is 408 g/mol. The molecule has 1 N–H and O–H groups in total. The Bertz CT molecular complexity index is 797. The number of anilines is 1. The summed E-state index contributed by atoms with van der Waals surface area (Å²) >= 11 is 0. The number of benzene rings is 1. The average molecular weight is 409 g/mol. The van der Waals surface area contributed by atoms with Gasteiger partial charge >= 0.3 is 5.97 Å². The number of rotatable bonds is 7. The molecule has 28 heavy (non-hydrogen) atoms. The zero-order chi connectivity index (χ0) is 20.0. The molecule has 0 radical (unpaired) electrons. The minimum Gasteiger partial charge on any atom is -0.456 e. The fourth-order valence-electron chi connectivity index (χ4n) is 3.84. The van der Waals surface area contributed by atoms with Crippen LogP contribution in [0, 0.1) is 5.92 Å². The van der Waals surface area contributed by atoms with Crippen molar-refractivity contribution in [3.8, 4) is 0 Å². The van der Waals surface area contributed by atoms with Gasteiger partial charge in [-0.1, -0.05) is 25.3 Å². The standard InChI is InChI=1S/C20H28N2O5S/c23-19(15-27-20(24)13-16-7-2-1-3-8-16)21-17-9-6-10-18(14-17)28(25,26)22-11-4-5-12-22/h6,9-10,14,16H,1-5,7-8,11-13,15H2,(H,21,23). The Morgan fingerprint density at radius 1 is 1.07 bits per heavy atom. The van der Waals surface area contributed by atoms with Crippen LogP contribution < -0.4 is 5.32 Å². The van der Waals surface area contributed by atoms with Gasteiger partial charge in [0.25, 0.3) is 5.91 Å². The van der Waals surface area contributed by atoms with E-state index in [-0.39, 0.29) is 17.5 Å². The summed E-state index contributed by atoms with van der Waals surface area (Å²) in [6.45, 7) is 0.681. The van der Waals surface area contributed by atoms with Crippen LogP contribution in [0.15, 0.2) is 29.2 Å². The largest absolute Gasteiger partial charge is 0.456 e. The van der Waals surface area contributed by atoms with Crippen LogP contribution in [-0.2, 0) is 24.3 Å². The second-order valence-corrected chi connectivity index (χ2v) is 9.49. The van der Waals surface area contributed by atoms with Gasteiger partial charge < -0.3 is 10.1 Å². The zero-order valence-electron chi connectivity index (χ0n) is 16.1. The van der Waals surface area contributed by atoms with Crippen molar-refractivity contribution in [1.29, 1.82) is 0 Å². The summed E-state index contributed by atoms with van der Waals surface area (Å²) in [5.74, 6) is -0.475. The summed E-state index contributed by atoms with van der Waals surface area (Å²) in [6, 6.07) is 6.17. The Labute approximate surface area is 166 Å². The Morgan fingerprint density at radius 3 is 2.50 bits per heavy atom. The number of sulfonamides is 1. The quantitative estimate of drug-likeness (QED) is 0.700. The van der Waals surface area contributed by atoms with Crippen LogP contribution in [0.1, 0.15) is 51.4 Å². The number of esters is 1. The fraction of sp³-hybridized carbons (Fsp3) is 0.600. The number of nitrogens with zero attached hydrogens (tertiary/aromatic N) is 1. The van der Waals surface area contributed by atoms with Crippen molar-refractivity contribution >= 4 is 27.6 Å². The minimum absolute atomic E-state index is 0.154. The molecule has 1 saturated heterocycles. The molecule has 8 heteroatoms. The second-order valence-electron chi connectivity index (χ2n) is 7.56. The number of nitrogens with one attached hydrogen (secondary N) is 1. The van der Waals surface area contributed by atoms with Crippen molar-refractivity contribution in [3.63, 3.8) is 0 Å². The van der Waals surface area contributed by atoms with Gasteiger partial charge in [0.15, 0.2) is 6.61 Å². The molecule has 0 spiro atoms. The van der Waals surface area contributed by atoms with Crippen molar-refractivity contribution < 1.29 is 22.7 Å². The van der Waals surface area contributed by atoms with Gasteiger partial charge in [-0.15, -0.1) is 0 Å². The summed E-state index contributed by atoms with van der Waals surface area (Å²) in [5.41, 5.74) is 0.369. The number of carbonyl (C=O) groups is 2. The molecule has 1 aromatic rings. The van der Waals surface area contributed by atoms with Crippen molar-refractivity contribution in [1.82, 2.24) is 4.31 Å². The van der Waals surface area contributed by atoms with Crippen LogP contribution in [-0.4, -0.2) is 44.3 Å². The van der Waals surface area contributed by atoms with Gasteiger partial charge in [-0.2, -0.15) is 4.31 Å². The van der Waals surface area contributed by atoms with Gasteiger partial charge in [0, 0.05) is 25.2 Å². The first-order valence-electron chi connectivity index (χ1n) is 10.0. The van der Waals surface area contributed by atoms with Gasteiger partial charge in [0.2, 0.25) is 10.0 Å². The predicted molar refractivity (Wildman–Crippen MR) is 105 cm³/mol. The van der Waals surface area contributed by atoms with E-state index in [4.69, 9.17) is 4.74 Å². The van der Waals surface area contributed by atoms with E-state index in [1.54, 1.807) is 12.1 Å². The normalized spacial score (nSPS) is 18.7. The number of ether oxygens (including phenoxy) is 1. The molecule has 3 rings (SSSR count). The maximum Gasteiger partial charge on any atom is 0.306 e. The molecule has 0 aromatic heterocycles. The Balaban J connectivity index is 1.50. The van der Waals surface area contributed by atoms with Crippen LogP contribution in [0.2, 0.25) is 0 Å². The van der Waals surface area contributed by atoms with E-state index >= 15 is 0 Å². The number of hydrogen-bond acceptors (Lipinski definition) is 5. The lowest BCUT2D eigenvalue weighted by Gasteiger charge is -2.20. The molecule has 0 unspecified atom stereocenters. The van der Waals surface area contributed by atoms with E-state index in [2.05, 4.69) is 5.32 Å². The molecule has 1 aliphatic carbocycles. The van der Waals surface area contributed by atoms with Crippen LogP contribution in [0.3, 0.4) is 0 Å². The van der Waals surface area contributed by atoms with Gasteiger partial charge in [0.05, 0.1) is 4.90 Å². The van der Waals surface area contributed by atoms with E-state index in [1.807, 2.05) is 0 Å². The molecule has 2 fully saturated rings. The Morgan fingerprint density at radius 2 is 1.79 bits per heavy atom. The maximum absolute atomic E-state index is 12.6. The van der Waals surface area contributed by atoms with Crippen LogP contribution >= 0.6 is 0 Å².